The van der Waals surface area contributed by atoms with E-state index in [1.54, 1.807) is 23.6 Å². The van der Waals surface area contributed by atoms with E-state index < -0.39 is 6.04 Å². The maximum Gasteiger partial charge on any atom is 0.307 e. The Labute approximate surface area is 143 Å². The number of aromatic nitrogens is 1. The summed E-state index contributed by atoms with van der Waals surface area (Å²) in [6, 6.07) is 2.84. The van der Waals surface area contributed by atoms with Gasteiger partial charge in [-0.3, -0.25) is 14.4 Å². The van der Waals surface area contributed by atoms with Crippen molar-refractivity contribution < 1.29 is 14.0 Å². The van der Waals surface area contributed by atoms with Gasteiger partial charge in [0.1, 0.15) is 11.8 Å². The number of hydrogen-bond donors (Lipinski definition) is 2. The minimum atomic E-state index is -0.658. The number of amides is 2. The van der Waals surface area contributed by atoms with Gasteiger partial charge in [0, 0.05) is 23.5 Å². The number of thiazole rings is 1. The van der Waals surface area contributed by atoms with Crippen LogP contribution in [0.25, 0.3) is 0 Å². The van der Waals surface area contributed by atoms with Crippen LogP contribution in [0.2, 0.25) is 0 Å². The van der Waals surface area contributed by atoms with Crippen LogP contribution in [-0.4, -0.2) is 22.4 Å². The third-order valence-corrected chi connectivity index (χ3v) is 4.72. The normalized spacial score (nSPS) is 12.0. The fourth-order valence-electron chi connectivity index (χ4n) is 2.18. The van der Waals surface area contributed by atoms with E-state index in [1.165, 1.54) is 17.6 Å². The van der Waals surface area contributed by atoms with Gasteiger partial charge in [0.05, 0.1) is 12.8 Å². The van der Waals surface area contributed by atoms with E-state index in [-0.39, 0.29) is 29.7 Å². The molecule has 0 radical (unpaired) electrons. The summed E-state index contributed by atoms with van der Waals surface area (Å²) in [7, 11) is 0. The molecule has 7 nitrogen and oxygen atoms in total. The quantitative estimate of drug-likeness (QED) is 0.787. The Kier molecular flexibility index (Phi) is 5.97. The number of aryl methyl sites for hydroxylation is 1. The fraction of sp³-hybridized carbons (Fsp3) is 0.438. The number of nitrogens with zero attached hydrogens (tertiary/aromatic N) is 1. The van der Waals surface area contributed by atoms with Gasteiger partial charge in [-0.15, -0.1) is 0 Å². The molecule has 130 valence electrons. The first-order chi connectivity index (χ1) is 11.4. The summed E-state index contributed by atoms with van der Waals surface area (Å²) in [5, 5.41) is 5.32. The van der Waals surface area contributed by atoms with E-state index in [0.717, 1.165) is 10.6 Å². The van der Waals surface area contributed by atoms with Gasteiger partial charge in [-0.1, -0.05) is 11.3 Å². The Hall–Kier alpha value is -2.35. The van der Waals surface area contributed by atoms with Crippen LogP contribution in [0, 0.1) is 13.8 Å². The molecule has 2 amide bonds. The van der Waals surface area contributed by atoms with E-state index in [9.17, 15) is 14.4 Å². The van der Waals surface area contributed by atoms with Gasteiger partial charge < -0.3 is 19.6 Å². The molecule has 2 aromatic heterocycles. The second-order valence-electron chi connectivity index (χ2n) is 5.50. The van der Waals surface area contributed by atoms with Crippen molar-refractivity contribution in [2.24, 2.45) is 0 Å². The van der Waals surface area contributed by atoms with Crippen molar-refractivity contribution in [3.05, 3.63) is 44.4 Å². The lowest BCUT2D eigenvalue weighted by molar-refractivity contribution is -0.128. The second kappa shape index (κ2) is 7.96. The summed E-state index contributed by atoms with van der Waals surface area (Å²) in [5.41, 5.74) is 0.877. The maximum absolute atomic E-state index is 12.0. The monoisotopic (exact) mass is 351 g/mol. The Morgan fingerprint density at radius 1 is 1.38 bits per heavy atom. The molecule has 1 unspecified atom stereocenters. The van der Waals surface area contributed by atoms with Gasteiger partial charge in [0.15, 0.2) is 0 Å². The highest BCUT2D eigenvalue weighted by molar-refractivity contribution is 7.09. The van der Waals surface area contributed by atoms with Gasteiger partial charge in [-0.25, -0.2) is 0 Å². The first kappa shape index (κ1) is 18.0. The van der Waals surface area contributed by atoms with E-state index in [2.05, 4.69) is 10.6 Å². The third kappa shape index (κ3) is 4.58. The third-order valence-electron chi connectivity index (χ3n) is 3.73. The van der Waals surface area contributed by atoms with Crippen LogP contribution in [-0.2, 0) is 22.7 Å². The molecule has 1 atom stereocenters. The Bertz CT molecular complexity index is 761. The maximum atomic E-state index is 12.0. The zero-order valence-electron chi connectivity index (χ0n) is 13.9. The molecule has 2 N–H and O–H groups in total. The van der Waals surface area contributed by atoms with E-state index in [0.29, 0.717) is 12.3 Å². The van der Waals surface area contributed by atoms with Gasteiger partial charge >= 0.3 is 4.87 Å². The zero-order valence-corrected chi connectivity index (χ0v) is 14.7. The molecular formula is C16H21N3O4S. The lowest BCUT2D eigenvalue weighted by atomic mass is 10.2. The molecule has 2 heterocycles. The van der Waals surface area contributed by atoms with E-state index >= 15 is 0 Å². The van der Waals surface area contributed by atoms with Crippen molar-refractivity contribution in [3.63, 3.8) is 0 Å². The first-order valence-electron chi connectivity index (χ1n) is 7.64. The minimum absolute atomic E-state index is 0.0676. The Morgan fingerprint density at radius 2 is 2.12 bits per heavy atom. The topological polar surface area (TPSA) is 93.3 Å². The molecule has 0 aliphatic rings. The Balaban J connectivity index is 1.78. The standard InChI is InChI=1S/C16H21N3O4S/c1-10(15(21)17-9-13-5-4-8-23-13)18-14(20)6-7-19-11(2)12(3)24-16(19)22/h4-5,8,10H,6-7,9H2,1-3H3,(H,17,21)(H,18,20). The molecule has 0 bridgehead atoms. The number of furan rings is 1. The molecule has 0 saturated heterocycles. The summed E-state index contributed by atoms with van der Waals surface area (Å²) < 4.78 is 6.71. The summed E-state index contributed by atoms with van der Waals surface area (Å²) in [4.78, 5) is 36.6. The number of hydrogen-bond acceptors (Lipinski definition) is 5. The molecule has 0 spiro atoms. The molecule has 0 fully saturated rings. The Morgan fingerprint density at radius 3 is 2.71 bits per heavy atom. The average molecular weight is 351 g/mol. The van der Waals surface area contributed by atoms with E-state index in [1.807, 2.05) is 13.8 Å². The lowest BCUT2D eigenvalue weighted by Crippen LogP contribution is -2.44. The molecule has 0 aliphatic heterocycles. The van der Waals surface area contributed by atoms with Crippen molar-refractivity contribution in [1.29, 1.82) is 0 Å². The van der Waals surface area contributed by atoms with Crippen molar-refractivity contribution in [2.75, 3.05) is 0 Å². The lowest BCUT2D eigenvalue weighted by Gasteiger charge is -2.14. The first-order valence-corrected chi connectivity index (χ1v) is 8.46. The van der Waals surface area contributed by atoms with Crippen LogP contribution < -0.4 is 15.5 Å². The summed E-state index contributed by atoms with van der Waals surface area (Å²) in [6.45, 7) is 5.93. The minimum Gasteiger partial charge on any atom is -0.467 e. The molecule has 0 saturated carbocycles. The summed E-state index contributed by atoms with van der Waals surface area (Å²) >= 11 is 1.17. The number of carbonyl (C=O) groups is 2. The summed E-state index contributed by atoms with van der Waals surface area (Å²) in [5.74, 6) is 0.0785. The highest BCUT2D eigenvalue weighted by Gasteiger charge is 2.16. The zero-order chi connectivity index (χ0) is 17.7. The molecule has 2 rings (SSSR count). The van der Waals surface area contributed by atoms with Crippen LogP contribution in [0.3, 0.4) is 0 Å². The van der Waals surface area contributed by atoms with Crippen LogP contribution in [0.5, 0.6) is 0 Å². The average Bonchev–Trinajstić information content (AvgIpc) is 3.12. The van der Waals surface area contributed by atoms with Crippen LogP contribution in [0.15, 0.2) is 27.6 Å². The number of nitrogens with one attached hydrogen (secondary N) is 2. The van der Waals surface area contributed by atoms with Crippen molar-refractivity contribution in [1.82, 2.24) is 15.2 Å². The highest BCUT2D eigenvalue weighted by atomic mass is 32.1. The second-order valence-corrected chi connectivity index (χ2v) is 6.66. The fourth-order valence-corrected chi connectivity index (χ4v) is 3.04. The van der Waals surface area contributed by atoms with Crippen LogP contribution >= 0.6 is 11.3 Å². The highest BCUT2D eigenvalue weighted by Crippen LogP contribution is 2.09. The van der Waals surface area contributed by atoms with Crippen molar-refractivity contribution in [3.8, 4) is 0 Å². The molecule has 0 aliphatic carbocycles. The predicted octanol–water partition coefficient (Wildman–Crippen LogP) is 1.33. The van der Waals surface area contributed by atoms with Crippen molar-refractivity contribution in [2.45, 2.75) is 46.3 Å². The van der Waals surface area contributed by atoms with Gasteiger partial charge in [0.2, 0.25) is 11.8 Å². The molecule has 8 heteroatoms. The molecular weight excluding hydrogens is 330 g/mol. The van der Waals surface area contributed by atoms with Gasteiger partial charge in [-0.2, -0.15) is 0 Å². The van der Waals surface area contributed by atoms with Crippen LogP contribution in [0.4, 0.5) is 0 Å². The van der Waals surface area contributed by atoms with Crippen LogP contribution in [0.1, 0.15) is 29.7 Å². The smallest absolute Gasteiger partial charge is 0.307 e. The SMILES string of the molecule is Cc1sc(=O)n(CCC(=O)NC(C)C(=O)NCc2ccco2)c1C. The largest absolute Gasteiger partial charge is 0.467 e. The molecule has 2 aromatic rings. The molecule has 0 aromatic carbocycles. The number of rotatable bonds is 7. The predicted molar refractivity (Wildman–Crippen MR) is 90.8 cm³/mol. The van der Waals surface area contributed by atoms with Gasteiger partial charge in [0.25, 0.3) is 0 Å². The van der Waals surface area contributed by atoms with Gasteiger partial charge in [-0.05, 0) is 32.9 Å². The molecule has 24 heavy (non-hydrogen) atoms. The summed E-state index contributed by atoms with van der Waals surface area (Å²) in [6.07, 6.45) is 1.68. The van der Waals surface area contributed by atoms with Crippen molar-refractivity contribution >= 4 is 23.2 Å². The number of carbonyl (C=O) groups excluding carboxylic acids is 2. The van der Waals surface area contributed by atoms with E-state index in [4.69, 9.17) is 4.42 Å².